The zero-order chi connectivity index (χ0) is 27.5. The van der Waals surface area contributed by atoms with Crippen LogP contribution in [0.3, 0.4) is 0 Å². The standard InChI is InChI=1S/C31H34O8/c1-22(32)37-30-29(36-20-26-16-10-5-11-17-26)28(35-19-25-14-8-4-9-15-25)27(39-31(30)38-23(2)33)21-34-18-24-12-6-3-7-13-24/h3-17,27-31H,18-21H2,1-2H3/t27-,28-,29+,30-,31-/m1/s1. The summed E-state index contributed by atoms with van der Waals surface area (Å²) in [5.74, 6) is -1.14. The van der Waals surface area contributed by atoms with Crippen LogP contribution in [0.1, 0.15) is 30.5 Å². The molecule has 8 nitrogen and oxygen atoms in total. The molecule has 206 valence electrons. The van der Waals surface area contributed by atoms with Crippen LogP contribution in [-0.2, 0) is 57.8 Å². The van der Waals surface area contributed by atoms with Crippen LogP contribution >= 0.6 is 0 Å². The van der Waals surface area contributed by atoms with Gasteiger partial charge in [0.25, 0.3) is 0 Å². The summed E-state index contributed by atoms with van der Waals surface area (Å²) in [5, 5.41) is 0. The van der Waals surface area contributed by atoms with Gasteiger partial charge in [0.2, 0.25) is 6.29 Å². The van der Waals surface area contributed by atoms with Crippen molar-refractivity contribution in [1.29, 1.82) is 0 Å². The minimum absolute atomic E-state index is 0.129. The molecule has 0 aromatic heterocycles. The molecule has 1 fully saturated rings. The predicted molar refractivity (Wildman–Crippen MR) is 142 cm³/mol. The minimum atomic E-state index is -1.20. The van der Waals surface area contributed by atoms with E-state index in [1.54, 1.807) is 0 Å². The number of hydrogen-bond acceptors (Lipinski definition) is 8. The third kappa shape index (κ3) is 8.73. The Bertz CT molecular complexity index is 1150. The molecule has 1 saturated heterocycles. The molecule has 1 aliphatic heterocycles. The van der Waals surface area contributed by atoms with Gasteiger partial charge in [0.15, 0.2) is 6.10 Å². The second kappa shape index (κ2) is 14.6. The van der Waals surface area contributed by atoms with Crippen molar-refractivity contribution < 1.29 is 38.0 Å². The van der Waals surface area contributed by atoms with Crippen molar-refractivity contribution >= 4 is 11.9 Å². The normalized spacial score (nSPS) is 22.7. The first-order chi connectivity index (χ1) is 19.0. The number of esters is 2. The van der Waals surface area contributed by atoms with Crippen LogP contribution in [0.15, 0.2) is 91.0 Å². The third-order valence-electron chi connectivity index (χ3n) is 6.14. The van der Waals surface area contributed by atoms with E-state index in [-0.39, 0.29) is 19.8 Å². The smallest absolute Gasteiger partial charge is 0.305 e. The van der Waals surface area contributed by atoms with Gasteiger partial charge in [0, 0.05) is 13.8 Å². The van der Waals surface area contributed by atoms with E-state index in [4.69, 9.17) is 28.4 Å². The molecule has 3 aromatic carbocycles. The summed E-state index contributed by atoms with van der Waals surface area (Å²) in [6.45, 7) is 3.53. The van der Waals surface area contributed by atoms with Crippen molar-refractivity contribution in [1.82, 2.24) is 0 Å². The summed E-state index contributed by atoms with van der Waals surface area (Å²) in [4.78, 5) is 24.1. The number of benzene rings is 3. The molecule has 0 radical (unpaired) electrons. The zero-order valence-electron chi connectivity index (χ0n) is 22.1. The molecule has 39 heavy (non-hydrogen) atoms. The Hall–Kier alpha value is -3.56. The lowest BCUT2D eigenvalue weighted by molar-refractivity contribution is -0.312. The Morgan fingerprint density at radius 2 is 1.08 bits per heavy atom. The highest BCUT2D eigenvalue weighted by molar-refractivity contribution is 5.67. The Balaban J connectivity index is 1.60. The summed E-state index contributed by atoms with van der Waals surface area (Å²) >= 11 is 0. The molecule has 0 unspecified atom stereocenters. The van der Waals surface area contributed by atoms with Crippen LogP contribution in [0.2, 0.25) is 0 Å². The highest BCUT2D eigenvalue weighted by Crippen LogP contribution is 2.31. The molecule has 5 atom stereocenters. The summed E-state index contributed by atoms with van der Waals surface area (Å²) < 4.78 is 36.0. The van der Waals surface area contributed by atoms with Gasteiger partial charge >= 0.3 is 11.9 Å². The molecule has 0 spiro atoms. The van der Waals surface area contributed by atoms with E-state index < -0.39 is 42.6 Å². The van der Waals surface area contributed by atoms with E-state index >= 15 is 0 Å². The van der Waals surface area contributed by atoms with Crippen molar-refractivity contribution in [2.24, 2.45) is 0 Å². The Labute approximate surface area is 228 Å². The summed E-state index contributed by atoms with van der Waals surface area (Å²) in [6.07, 6.45) is -4.47. The van der Waals surface area contributed by atoms with Gasteiger partial charge in [-0.1, -0.05) is 91.0 Å². The van der Waals surface area contributed by atoms with E-state index in [9.17, 15) is 9.59 Å². The second-order valence-corrected chi connectivity index (χ2v) is 9.25. The second-order valence-electron chi connectivity index (χ2n) is 9.25. The number of hydrogen-bond donors (Lipinski definition) is 0. The molecule has 3 aromatic rings. The zero-order valence-corrected chi connectivity index (χ0v) is 22.1. The quantitative estimate of drug-likeness (QED) is 0.312. The van der Waals surface area contributed by atoms with Gasteiger partial charge in [-0.2, -0.15) is 0 Å². The maximum absolute atomic E-state index is 12.1. The van der Waals surface area contributed by atoms with Crippen LogP contribution in [0.4, 0.5) is 0 Å². The topological polar surface area (TPSA) is 89.5 Å². The fourth-order valence-corrected chi connectivity index (χ4v) is 4.38. The van der Waals surface area contributed by atoms with Crippen molar-refractivity contribution in [3.8, 4) is 0 Å². The largest absolute Gasteiger partial charge is 0.453 e. The fraction of sp³-hybridized carbons (Fsp3) is 0.355. The maximum atomic E-state index is 12.1. The van der Waals surface area contributed by atoms with Gasteiger partial charge in [-0.3, -0.25) is 9.59 Å². The minimum Gasteiger partial charge on any atom is -0.453 e. The number of ether oxygens (including phenoxy) is 6. The van der Waals surface area contributed by atoms with Crippen LogP contribution < -0.4 is 0 Å². The molecular formula is C31H34O8. The van der Waals surface area contributed by atoms with Gasteiger partial charge in [-0.25, -0.2) is 0 Å². The molecule has 0 aliphatic carbocycles. The molecule has 0 N–H and O–H groups in total. The summed E-state index contributed by atoms with van der Waals surface area (Å²) in [6, 6.07) is 29.1. The molecule has 0 amide bonds. The van der Waals surface area contributed by atoms with Crippen molar-refractivity contribution in [2.75, 3.05) is 6.61 Å². The van der Waals surface area contributed by atoms with Gasteiger partial charge in [0.1, 0.15) is 18.3 Å². The van der Waals surface area contributed by atoms with Gasteiger partial charge < -0.3 is 28.4 Å². The maximum Gasteiger partial charge on any atom is 0.305 e. The summed E-state index contributed by atoms with van der Waals surface area (Å²) in [7, 11) is 0. The fourth-order valence-electron chi connectivity index (χ4n) is 4.38. The SMILES string of the molecule is CC(=O)O[C@@H]1O[C@H](COCc2ccccc2)[C@@H](OCc2ccccc2)[C@H](OCc2ccccc2)[C@H]1OC(C)=O. The Morgan fingerprint density at radius 3 is 1.56 bits per heavy atom. The summed E-state index contributed by atoms with van der Waals surface area (Å²) in [5.41, 5.74) is 2.88. The highest BCUT2D eigenvalue weighted by Gasteiger charge is 2.51. The van der Waals surface area contributed by atoms with Gasteiger partial charge in [-0.15, -0.1) is 0 Å². The Morgan fingerprint density at radius 1 is 0.615 bits per heavy atom. The van der Waals surface area contributed by atoms with Crippen molar-refractivity contribution in [2.45, 2.75) is 64.4 Å². The number of carbonyl (C=O) groups excluding carboxylic acids is 2. The molecule has 0 bridgehead atoms. The molecule has 1 aliphatic rings. The van der Waals surface area contributed by atoms with E-state index in [2.05, 4.69) is 0 Å². The van der Waals surface area contributed by atoms with Crippen LogP contribution in [-0.4, -0.2) is 49.3 Å². The average Bonchev–Trinajstić information content (AvgIpc) is 2.94. The molecular weight excluding hydrogens is 500 g/mol. The molecule has 0 saturated carbocycles. The van der Waals surface area contributed by atoms with Crippen LogP contribution in [0.25, 0.3) is 0 Å². The monoisotopic (exact) mass is 534 g/mol. The predicted octanol–water partition coefficient (Wildman–Crippen LogP) is 4.59. The first kappa shape index (κ1) is 28.4. The lowest BCUT2D eigenvalue weighted by atomic mass is 9.98. The average molecular weight is 535 g/mol. The van der Waals surface area contributed by atoms with Crippen LogP contribution in [0.5, 0.6) is 0 Å². The third-order valence-corrected chi connectivity index (χ3v) is 6.14. The van der Waals surface area contributed by atoms with Crippen molar-refractivity contribution in [3.05, 3.63) is 108 Å². The molecule has 1 heterocycles. The Kier molecular flexibility index (Phi) is 10.6. The van der Waals surface area contributed by atoms with E-state index in [1.165, 1.54) is 13.8 Å². The van der Waals surface area contributed by atoms with Gasteiger partial charge in [-0.05, 0) is 16.7 Å². The van der Waals surface area contributed by atoms with E-state index in [1.807, 2.05) is 91.0 Å². The van der Waals surface area contributed by atoms with E-state index in [0.717, 1.165) is 16.7 Å². The van der Waals surface area contributed by atoms with Crippen LogP contribution in [0, 0.1) is 0 Å². The lowest BCUT2D eigenvalue weighted by Crippen LogP contribution is -2.62. The molecule has 8 heteroatoms. The van der Waals surface area contributed by atoms with Crippen molar-refractivity contribution in [3.63, 3.8) is 0 Å². The first-order valence-corrected chi connectivity index (χ1v) is 12.9. The lowest BCUT2D eigenvalue weighted by Gasteiger charge is -2.44. The van der Waals surface area contributed by atoms with E-state index in [0.29, 0.717) is 6.61 Å². The number of rotatable bonds is 12. The number of carbonyl (C=O) groups is 2. The highest BCUT2D eigenvalue weighted by atomic mass is 16.7. The molecule has 4 rings (SSSR count). The first-order valence-electron chi connectivity index (χ1n) is 12.9. The van der Waals surface area contributed by atoms with Gasteiger partial charge in [0.05, 0.1) is 26.4 Å².